The summed E-state index contributed by atoms with van der Waals surface area (Å²) in [5, 5.41) is 0. The van der Waals surface area contributed by atoms with Gasteiger partial charge in [0, 0.05) is 14.1 Å². The molecule has 4 N–H and O–H groups in total. The number of nitrogens with zero attached hydrogens (tertiary/aromatic N) is 1. The average molecular weight is 312 g/mol. The summed E-state index contributed by atoms with van der Waals surface area (Å²) in [5.74, 6) is 0.465. The smallest absolute Gasteiger partial charge is 0.314 e. The predicted octanol–water partition coefficient (Wildman–Crippen LogP) is -0.112. The number of hydrogen-bond acceptors (Lipinski definition) is 5. The highest BCUT2D eigenvalue weighted by atomic mass is 32.2. The highest BCUT2D eigenvalue weighted by Crippen LogP contribution is 2.25. The molecule has 0 aromatic heterocycles. The van der Waals surface area contributed by atoms with E-state index in [4.69, 9.17) is 24.8 Å². The summed E-state index contributed by atoms with van der Waals surface area (Å²) < 4.78 is 38.2. The van der Waals surface area contributed by atoms with Gasteiger partial charge in [0.15, 0.2) is 0 Å². The lowest BCUT2D eigenvalue weighted by Crippen LogP contribution is -2.22. The van der Waals surface area contributed by atoms with Crippen molar-refractivity contribution in [3.05, 3.63) is 18.2 Å². The zero-order chi connectivity index (χ0) is 15.2. The maximum Gasteiger partial charge on any atom is 0.314 e. The molecular weight excluding hydrogens is 295 g/mol. The maximum absolute atomic E-state index is 11.7. The molecule has 1 aromatic rings. The number of methoxy groups -OCH3 is 1. The number of anilines is 1. The van der Waals surface area contributed by atoms with Crippen LogP contribution in [0.5, 0.6) is 5.75 Å². The second-order valence-corrected chi connectivity index (χ2v) is 6.19. The minimum atomic E-state index is -3.43. The Labute approximate surface area is 112 Å². The molecular formula is C9H17N2O6PS. The summed E-state index contributed by atoms with van der Waals surface area (Å²) in [6.45, 7) is 0. The van der Waals surface area contributed by atoms with Crippen LogP contribution in [0.25, 0.3) is 0 Å². The Morgan fingerprint density at radius 3 is 2.11 bits per heavy atom. The van der Waals surface area contributed by atoms with Crippen LogP contribution in [0.1, 0.15) is 0 Å². The van der Waals surface area contributed by atoms with Gasteiger partial charge in [-0.25, -0.2) is 12.7 Å². The second kappa shape index (κ2) is 7.46. The van der Waals surface area contributed by atoms with Crippen LogP contribution in [0.3, 0.4) is 0 Å². The first kappa shape index (κ1) is 17.9. The van der Waals surface area contributed by atoms with Gasteiger partial charge in [-0.3, -0.25) is 4.57 Å². The van der Waals surface area contributed by atoms with Gasteiger partial charge < -0.3 is 20.3 Å². The van der Waals surface area contributed by atoms with Gasteiger partial charge in [-0.1, -0.05) is 0 Å². The molecule has 0 aliphatic heterocycles. The van der Waals surface area contributed by atoms with Gasteiger partial charge >= 0.3 is 8.25 Å². The number of benzene rings is 1. The summed E-state index contributed by atoms with van der Waals surface area (Å²) in [7, 11) is -2.14. The molecule has 0 atom stereocenters. The third-order valence-electron chi connectivity index (χ3n) is 1.98. The number of nitrogens with two attached hydrogens (primary N) is 1. The van der Waals surface area contributed by atoms with Gasteiger partial charge in [-0.15, -0.1) is 0 Å². The van der Waals surface area contributed by atoms with Crippen molar-refractivity contribution in [1.82, 2.24) is 4.31 Å². The largest absolute Gasteiger partial charge is 0.495 e. The van der Waals surface area contributed by atoms with Crippen molar-refractivity contribution in [2.75, 3.05) is 26.9 Å². The van der Waals surface area contributed by atoms with Crippen molar-refractivity contribution in [3.63, 3.8) is 0 Å². The quantitative estimate of drug-likeness (QED) is 0.524. The Kier molecular flexibility index (Phi) is 7.02. The number of sulfonamides is 1. The van der Waals surface area contributed by atoms with E-state index in [0.717, 1.165) is 4.31 Å². The second-order valence-electron chi connectivity index (χ2n) is 3.47. The first-order chi connectivity index (χ1) is 8.62. The van der Waals surface area contributed by atoms with E-state index in [1.165, 1.54) is 39.4 Å². The Morgan fingerprint density at radius 2 is 1.79 bits per heavy atom. The first-order valence-corrected chi connectivity index (χ1v) is 7.65. The predicted molar refractivity (Wildman–Crippen MR) is 71.7 cm³/mol. The highest BCUT2D eigenvalue weighted by molar-refractivity contribution is 7.89. The zero-order valence-corrected chi connectivity index (χ0v) is 12.5. The van der Waals surface area contributed by atoms with Gasteiger partial charge in [0.2, 0.25) is 10.0 Å². The minimum Gasteiger partial charge on any atom is -0.495 e. The van der Waals surface area contributed by atoms with Crippen LogP contribution >= 0.6 is 8.25 Å². The molecule has 19 heavy (non-hydrogen) atoms. The lowest BCUT2D eigenvalue weighted by molar-refractivity contribution is 0.405. The number of ether oxygens (including phenoxy) is 1. The highest BCUT2D eigenvalue weighted by Gasteiger charge is 2.18. The molecule has 0 saturated heterocycles. The fourth-order valence-corrected chi connectivity index (χ4v) is 2.02. The van der Waals surface area contributed by atoms with Gasteiger partial charge in [0.05, 0.1) is 17.7 Å². The Balaban J connectivity index is 0.000000711. The Morgan fingerprint density at radius 1 is 1.32 bits per heavy atom. The van der Waals surface area contributed by atoms with Gasteiger partial charge in [0.1, 0.15) is 5.75 Å². The van der Waals surface area contributed by atoms with Crippen LogP contribution in [-0.2, 0) is 14.6 Å². The molecule has 0 amide bonds. The van der Waals surface area contributed by atoms with Crippen molar-refractivity contribution < 1.29 is 27.5 Å². The molecule has 0 spiro atoms. The summed E-state index contributed by atoms with van der Waals surface area (Å²) in [4.78, 5) is 14.5. The van der Waals surface area contributed by atoms with Crippen LogP contribution in [0.15, 0.2) is 23.1 Å². The first-order valence-electron chi connectivity index (χ1n) is 4.90. The molecule has 0 aliphatic rings. The lowest BCUT2D eigenvalue weighted by atomic mass is 10.3. The summed E-state index contributed by atoms with van der Waals surface area (Å²) in [5.41, 5.74) is 5.93. The maximum atomic E-state index is 11.7. The molecule has 0 radical (unpaired) electrons. The zero-order valence-electron chi connectivity index (χ0n) is 10.7. The van der Waals surface area contributed by atoms with Crippen LogP contribution in [-0.4, -0.2) is 43.7 Å². The third kappa shape index (κ3) is 5.58. The van der Waals surface area contributed by atoms with E-state index < -0.39 is 18.3 Å². The molecule has 0 bridgehead atoms. The van der Waals surface area contributed by atoms with Crippen LogP contribution in [0.4, 0.5) is 5.69 Å². The third-order valence-corrected chi connectivity index (χ3v) is 3.79. The van der Waals surface area contributed by atoms with Crippen molar-refractivity contribution >= 4 is 24.0 Å². The molecule has 0 unspecified atom stereocenters. The van der Waals surface area contributed by atoms with E-state index in [9.17, 15) is 8.42 Å². The number of rotatable bonds is 3. The monoisotopic (exact) mass is 312 g/mol. The van der Waals surface area contributed by atoms with Crippen LogP contribution in [0, 0.1) is 0 Å². The van der Waals surface area contributed by atoms with Crippen LogP contribution < -0.4 is 10.5 Å². The number of hydrogen-bond donors (Lipinski definition) is 3. The molecule has 8 nitrogen and oxygen atoms in total. The van der Waals surface area contributed by atoms with E-state index in [-0.39, 0.29) is 4.90 Å². The summed E-state index contributed by atoms with van der Waals surface area (Å²) in [6.07, 6.45) is 0. The summed E-state index contributed by atoms with van der Waals surface area (Å²) in [6, 6.07) is 4.38. The van der Waals surface area contributed by atoms with E-state index in [0.29, 0.717) is 11.4 Å². The standard InChI is InChI=1S/C9H14N2O3S.H3O3P/c1-11(2)15(12,13)7-4-5-9(14-3)8(10)6-7;1-4(2)3/h4-6H,10H2,1-3H3;4H,(H2,1,2,3). The summed E-state index contributed by atoms with van der Waals surface area (Å²) >= 11 is 0. The molecule has 0 aliphatic carbocycles. The normalized spacial score (nSPS) is 11.1. The molecule has 10 heteroatoms. The van der Waals surface area contributed by atoms with E-state index >= 15 is 0 Å². The van der Waals surface area contributed by atoms with E-state index in [1.807, 2.05) is 0 Å². The fourth-order valence-electron chi connectivity index (χ4n) is 1.08. The molecule has 1 aromatic carbocycles. The number of nitrogen functional groups attached to an aromatic ring is 1. The molecule has 1 rings (SSSR count). The van der Waals surface area contributed by atoms with Gasteiger partial charge in [-0.2, -0.15) is 0 Å². The molecule has 0 heterocycles. The topological polar surface area (TPSA) is 130 Å². The Hall–Kier alpha value is -1.12. The lowest BCUT2D eigenvalue weighted by Gasteiger charge is -2.12. The van der Waals surface area contributed by atoms with Gasteiger partial charge in [-0.05, 0) is 18.2 Å². The average Bonchev–Trinajstić information content (AvgIpc) is 2.27. The SMILES string of the molecule is COc1ccc(S(=O)(=O)N(C)C)cc1N.O=[PH](O)O. The van der Waals surface area contributed by atoms with Crippen LogP contribution in [0.2, 0.25) is 0 Å². The minimum absolute atomic E-state index is 0.158. The fraction of sp³-hybridized carbons (Fsp3) is 0.333. The van der Waals surface area contributed by atoms with Crippen molar-refractivity contribution in [2.45, 2.75) is 4.90 Å². The van der Waals surface area contributed by atoms with E-state index in [1.54, 1.807) is 0 Å². The Bertz CT molecular complexity index is 542. The van der Waals surface area contributed by atoms with Crippen molar-refractivity contribution in [2.24, 2.45) is 0 Å². The molecule has 110 valence electrons. The molecule has 0 saturated carbocycles. The van der Waals surface area contributed by atoms with E-state index in [2.05, 4.69) is 0 Å². The van der Waals surface area contributed by atoms with Gasteiger partial charge in [0.25, 0.3) is 0 Å². The van der Waals surface area contributed by atoms with Crippen molar-refractivity contribution in [3.8, 4) is 5.75 Å². The molecule has 0 fully saturated rings. The van der Waals surface area contributed by atoms with Crippen molar-refractivity contribution in [1.29, 1.82) is 0 Å².